The topological polar surface area (TPSA) is 53.0 Å². The molecule has 0 bridgehead atoms. The first kappa shape index (κ1) is 17.3. The zero-order valence-corrected chi connectivity index (χ0v) is 13.5. The molecule has 3 rings (SSSR count). The molecule has 2 fully saturated rings. The van der Waals surface area contributed by atoms with Crippen molar-refractivity contribution in [3.8, 4) is 0 Å². The minimum absolute atomic E-state index is 0.0261. The number of hydrogen-bond acceptors (Lipinski definition) is 4. The molecule has 7 heteroatoms. The van der Waals surface area contributed by atoms with Gasteiger partial charge in [-0.25, -0.2) is 8.78 Å². The molecule has 1 amide bonds. The summed E-state index contributed by atoms with van der Waals surface area (Å²) < 4.78 is 32.7. The van der Waals surface area contributed by atoms with Crippen LogP contribution < -0.4 is 0 Å². The number of rotatable bonds is 4. The molecule has 1 N–H and O–H groups in total. The molecule has 0 spiro atoms. The molecule has 0 aliphatic carbocycles. The first-order valence-electron chi connectivity index (χ1n) is 8.27. The van der Waals surface area contributed by atoms with Crippen LogP contribution in [0.2, 0.25) is 0 Å². The van der Waals surface area contributed by atoms with Crippen molar-refractivity contribution in [2.45, 2.75) is 25.0 Å². The number of aliphatic hydroxyl groups is 1. The van der Waals surface area contributed by atoms with Crippen molar-refractivity contribution in [3.63, 3.8) is 0 Å². The van der Waals surface area contributed by atoms with Crippen molar-refractivity contribution in [1.29, 1.82) is 0 Å². The maximum atomic E-state index is 14.0. The fourth-order valence-corrected chi connectivity index (χ4v) is 3.43. The Morgan fingerprint density at radius 3 is 2.79 bits per heavy atom. The van der Waals surface area contributed by atoms with Gasteiger partial charge in [0.15, 0.2) is 0 Å². The summed E-state index contributed by atoms with van der Waals surface area (Å²) in [6, 6.07) is 2.95. The van der Waals surface area contributed by atoms with Crippen LogP contribution in [-0.4, -0.2) is 66.3 Å². The van der Waals surface area contributed by atoms with Gasteiger partial charge >= 0.3 is 0 Å². The molecule has 2 unspecified atom stereocenters. The summed E-state index contributed by atoms with van der Waals surface area (Å²) in [6.45, 7) is 3.04. The van der Waals surface area contributed by atoms with Crippen LogP contribution in [0.1, 0.15) is 24.4 Å². The lowest BCUT2D eigenvalue weighted by molar-refractivity contribution is -0.135. The minimum atomic E-state index is -0.601. The standard InChI is InChI=1S/C17H22F2N2O3/c18-12-1-2-15(19)14(9-12)16-10-13(22)11-21(16)4-3-17(23)20-5-7-24-8-6-20/h1-2,9,13,16,22H,3-8,10-11H2. The molecule has 0 saturated carbocycles. The summed E-state index contributed by atoms with van der Waals surface area (Å²) in [4.78, 5) is 15.9. The molecule has 2 aliphatic heterocycles. The largest absolute Gasteiger partial charge is 0.392 e. The number of likely N-dealkylation sites (tertiary alicyclic amines) is 1. The number of carbonyl (C=O) groups excluding carboxylic acids is 1. The molecule has 2 heterocycles. The molecule has 2 aliphatic rings. The SMILES string of the molecule is O=C(CCN1CC(O)CC1c1cc(F)ccc1F)N1CCOCC1. The zero-order valence-electron chi connectivity index (χ0n) is 13.5. The highest BCUT2D eigenvalue weighted by atomic mass is 19.1. The van der Waals surface area contributed by atoms with Gasteiger partial charge in [0, 0.05) is 44.2 Å². The number of halogens is 2. The quantitative estimate of drug-likeness (QED) is 0.898. The fraction of sp³-hybridized carbons (Fsp3) is 0.588. The number of amides is 1. The number of β-amino-alcohol motifs (C(OH)–C–C–N with tert-alkyl or cyclic N) is 1. The first-order chi connectivity index (χ1) is 11.5. The van der Waals surface area contributed by atoms with E-state index in [1.165, 1.54) is 6.07 Å². The van der Waals surface area contributed by atoms with Gasteiger partial charge in [-0.1, -0.05) is 0 Å². The summed E-state index contributed by atoms with van der Waals surface area (Å²) >= 11 is 0. The Bertz CT molecular complexity index is 593. The highest BCUT2D eigenvalue weighted by Crippen LogP contribution is 2.34. The normalized spacial score (nSPS) is 25.2. The minimum Gasteiger partial charge on any atom is -0.392 e. The Hall–Kier alpha value is -1.57. The van der Waals surface area contributed by atoms with Gasteiger partial charge in [0.2, 0.25) is 5.91 Å². The maximum Gasteiger partial charge on any atom is 0.224 e. The van der Waals surface area contributed by atoms with Gasteiger partial charge in [-0.05, 0) is 24.6 Å². The average Bonchev–Trinajstić information content (AvgIpc) is 2.96. The van der Waals surface area contributed by atoms with Gasteiger partial charge in [0.25, 0.3) is 0 Å². The summed E-state index contributed by atoms with van der Waals surface area (Å²) in [5.41, 5.74) is 0.241. The average molecular weight is 340 g/mol. The Labute approximate surface area is 139 Å². The van der Waals surface area contributed by atoms with E-state index < -0.39 is 23.8 Å². The van der Waals surface area contributed by atoms with E-state index in [2.05, 4.69) is 0 Å². The van der Waals surface area contributed by atoms with Crippen molar-refractivity contribution >= 4 is 5.91 Å². The third-order valence-corrected chi connectivity index (χ3v) is 4.68. The van der Waals surface area contributed by atoms with Crippen molar-refractivity contribution in [3.05, 3.63) is 35.4 Å². The molecule has 0 radical (unpaired) electrons. The summed E-state index contributed by atoms with van der Waals surface area (Å²) in [6.07, 6.45) is 0.0304. The van der Waals surface area contributed by atoms with Crippen LogP contribution in [0.4, 0.5) is 8.78 Å². The van der Waals surface area contributed by atoms with Crippen LogP contribution >= 0.6 is 0 Å². The zero-order chi connectivity index (χ0) is 17.1. The molecular weight excluding hydrogens is 318 g/mol. The van der Waals surface area contributed by atoms with Crippen molar-refractivity contribution < 1.29 is 23.4 Å². The fourth-order valence-electron chi connectivity index (χ4n) is 3.43. The van der Waals surface area contributed by atoms with Crippen LogP contribution in [0.15, 0.2) is 18.2 Å². The van der Waals surface area contributed by atoms with Gasteiger partial charge in [0.1, 0.15) is 11.6 Å². The van der Waals surface area contributed by atoms with E-state index in [0.29, 0.717) is 52.2 Å². The number of benzene rings is 1. The second-order valence-electron chi connectivity index (χ2n) is 6.31. The van der Waals surface area contributed by atoms with Gasteiger partial charge in [0.05, 0.1) is 19.3 Å². The van der Waals surface area contributed by atoms with Crippen LogP contribution in [0.5, 0.6) is 0 Å². The molecular formula is C17H22F2N2O3. The highest BCUT2D eigenvalue weighted by molar-refractivity contribution is 5.76. The third kappa shape index (κ3) is 3.91. The van der Waals surface area contributed by atoms with E-state index in [1.807, 2.05) is 4.90 Å². The highest BCUT2D eigenvalue weighted by Gasteiger charge is 2.34. The number of aliphatic hydroxyl groups excluding tert-OH is 1. The van der Waals surface area contributed by atoms with E-state index in [-0.39, 0.29) is 11.5 Å². The second-order valence-corrected chi connectivity index (χ2v) is 6.31. The molecule has 24 heavy (non-hydrogen) atoms. The van der Waals surface area contributed by atoms with Gasteiger partial charge in [-0.3, -0.25) is 9.69 Å². The van der Waals surface area contributed by atoms with E-state index >= 15 is 0 Å². The maximum absolute atomic E-state index is 14.0. The van der Waals surface area contributed by atoms with Crippen LogP contribution in [0.25, 0.3) is 0 Å². The third-order valence-electron chi connectivity index (χ3n) is 4.68. The lowest BCUT2D eigenvalue weighted by atomic mass is 10.0. The Morgan fingerprint density at radius 1 is 1.29 bits per heavy atom. The Balaban J connectivity index is 1.65. The number of morpholine rings is 1. The second kappa shape index (κ2) is 7.55. The van der Waals surface area contributed by atoms with Crippen molar-refractivity contribution in [1.82, 2.24) is 9.80 Å². The van der Waals surface area contributed by atoms with E-state index in [9.17, 15) is 18.7 Å². The molecule has 2 saturated heterocycles. The monoisotopic (exact) mass is 340 g/mol. The van der Waals surface area contributed by atoms with Crippen molar-refractivity contribution in [2.75, 3.05) is 39.4 Å². The number of hydrogen-bond donors (Lipinski definition) is 1. The predicted octanol–water partition coefficient (Wildman–Crippen LogP) is 1.32. The van der Waals surface area contributed by atoms with Crippen LogP contribution in [0, 0.1) is 11.6 Å². The van der Waals surface area contributed by atoms with E-state index in [1.54, 1.807) is 4.90 Å². The summed E-state index contributed by atoms with van der Waals surface area (Å²) in [7, 11) is 0. The molecule has 1 aromatic rings. The smallest absolute Gasteiger partial charge is 0.224 e. The summed E-state index contributed by atoms with van der Waals surface area (Å²) in [5.74, 6) is -0.963. The van der Waals surface area contributed by atoms with Crippen molar-refractivity contribution in [2.24, 2.45) is 0 Å². The van der Waals surface area contributed by atoms with Crippen LogP contribution in [-0.2, 0) is 9.53 Å². The molecule has 132 valence electrons. The summed E-state index contributed by atoms with van der Waals surface area (Å²) in [5, 5.41) is 9.94. The van der Waals surface area contributed by atoms with Crippen LogP contribution in [0.3, 0.4) is 0 Å². The van der Waals surface area contributed by atoms with Gasteiger partial charge < -0.3 is 14.7 Å². The number of nitrogens with zero attached hydrogens (tertiary/aromatic N) is 2. The molecule has 2 atom stereocenters. The number of carbonyl (C=O) groups is 1. The first-order valence-corrected chi connectivity index (χ1v) is 8.27. The van der Waals surface area contributed by atoms with Gasteiger partial charge in [-0.15, -0.1) is 0 Å². The van der Waals surface area contributed by atoms with E-state index in [4.69, 9.17) is 4.74 Å². The Kier molecular flexibility index (Phi) is 5.43. The van der Waals surface area contributed by atoms with E-state index in [0.717, 1.165) is 12.1 Å². The molecule has 5 nitrogen and oxygen atoms in total. The number of ether oxygens (including phenoxy) is 1. The molecule has 1 aromatic carbocycles. The predicted molar refractivity (Wildman–Crippen MR) is 83.3 cm³/mol. The lowest BCUT2D eigenvalue weighted by Crippen LogP contribution is -2.42. The lowest BCUT2D eigenvalue weighted by Gasteiger charge is -2.29. The molecule has 0 aromatic heterocycles. The van der Waals surface area contributed by atoms with Gasteiger partial charge in [-0.2, -0.15) is 0 Å². The Morgan fingerprint density at radius 2 is 2.04 bits per heavy atom.